The molecule has 1 aliphatic rings. The number of hydrogen-bond donors (Lipinski definition) is 1. The summed E-state index contributed by atoms with van der Waals surface area (Å²) in [4.78, 5) is 6.45. The van der Waals surface area contributed by atoms with E-state index in [1.165, 1.54) is 6.07 Å². The predicted molar refractivity (Wildman–Crippen MR) is 72.0 cm³/mol. The van der Waals surface area contributed by atoms with E-state index in [4.69, 9.17) is 5.73 Å². The Labute approximate surface area is 108 Å². The van der Waals surface area contributed by atoms with E-state index < -0.39 is 0 Å². The lowest BCUT2D eigenvalue weighted by Crippen LogP contribution is -2.42. The fraction of sp³-hybridized carbons (Fsp3) is 0.500. The van der Waals surface area contributed by atoms with Gasteiger partial charge < -0.3 is 10.6 Å². The van der Waals surface area contributed by atoms with Gasteiger partial charge in [0.1, 0.15) is 5.82 Å². The van der Waals surface area contributed by atoms with Crippen LogP contribution in [0.15, 0.2) is 23.2 Å². The molecule has 2 N–H and O–H groups in total. The van der Waals surface area contributed by atoms with Gasteiger partial charge in [-0.3, -0.25) is 4.99 Å². The second-order valence-corrected chi connectivity index (χ2v) is 4.89. The highest BCUT2D eigenvalue weighted by molar-refractivity contribution is 5.80. The lowest BCUT2D eigenvalue weighted by atomic mass is 10.0. The van der Waals surface area contributed by atoms with Gasteiger partial charge in [-0.05, 0) is 37.5 Å². The molecule has 3 nitrogen and oxygen atoms in total. The molecule has 0 aliphatic carbocycles. The van der Waals surface area contributed by atoms with Gasteiger partial charge in [-0.2, -0.15) is 0 Å². The first-order valence-corrected chi connectivity index (χ1v) is 6.39. The number of halogens is 1. The van der Waals surface area contributed by atoms with E-state index >= 15 is 0 Å². The van der Waals surface area contributed by atoms with Gasteiger partial charge in [-0.1, -0.05) is 19.1 Å². The quantitative estimate of drug-likeness (QED) is 0.894. The number of nitrogens with two attached hydrogens (primary N) is 1. The van der Waals surface area contributed by atoms with Crippen LogP contribution in [0.2, 0.25) is 0 Å². The predicted octanol–water partition coefficient (Wildman–Crippen LogP) is 2.60. The minimum absolute atomic E-state index is 0.138. The van der Waals surface area contributed by atoms with Gasteiger partial charge in [0.05, 0.1) is 12.6 Å². The Morgan fingerprint density at radius 3 is 2.89 bits per heavy atom. The molecule has 1 aromatic rings. The SMILES string of the molecule is CCC(C)N1C(N)=NCC1c1ccc(F)c(C)c1. The summed E-state index contributed by atoms with van der Waals surface area (Å²) in [7, 11) is 0. The van der Waals surface area contributed by atoms with Crippen LogP contribution in [0.1, 0.15) is 37.4 Å². The van der Waals surface area contributed by atoms with Gasteiger partial charge in [-0.15, -0.1) is 0 Å². The Morgan fingerprint density at radius 1 is 1.56 bits per heavy atom. The normalized spacial score (nSPS) is 21.0. The monoisotopic (exact) mass is 249 g/mol. The summed E-state index contributed by atoms with van der Waals surface area (Å²) >= 11 is 0. The lowest BCUT2D eigenvalue weighted by molar-refractivity contribution is 0.268. The Balaban J connectivity index is 2.30. The molecule has 0 saturated heterocycles. The van der Waals surface area contributed by atoms with Gasteiger partial charge in [0.15, 0.2) is 5.96 Å². The summed E-state index contributed by atoms with van der Waals surface area (Å²) in [6.07, 6.45) is 1.01. The zero-order valence-electron chi connectivity index (χ0n) is 11.2. The number of hydrogen-bond acceptors (Lipinski definition) is 3. The number of aryl methyl sites for hydroxylation is 1. The van der Waals surface area contributed by atoms with Crippen molar-refractivity contribution in [1.82, 2.24) is 4.90 Å². The Kier molecular flexibility index (Phi) is 3.55. The van der Waals surface area contributed by atoms with Crippen LogP contribution in [-0.4, -0.2) is 23.4 Å². The minimum Gasteiger partial charge on any atom is -0.370 e. The number of nitrogens with zero attached hydrogens (tertiary/aromatic N) is 2. The maximum Gasteiger partial charge on any atom is 0.192 e. The van der Waals surface area contributed by atoms with Crippen LogP contribution in [0, 0.1) is 12.7 Å². The standard InChI is InChI=1S/C14H20FN3/c1-4-10(3)18-13(8-17-14(18)16)11-5-6-12(15)9(2)7-11/h5-7,10,13H,4,8H2,1-3H3,(H2,16,17). The molecule has 1 aromatic carbocycles. The van der Waals surface area contributed by atoms with Crippen molar-refractivity contribution < 1.29 is 4.39 Å². The van der Waals surface area contributed by atoms with Crippen LogP contribution in [-0.2, 0) is 0 Å². The third kappa shape index (κ3) is 2.19. The molecule has 0 spiro atoms. The molecule has 0 aromatic heterocycles. The van der Waals surface area contributed by atoms with Crippen molar-refractivity contribution in [3.05, 3.63) is 35.1 Å². The molecule has 1 aliphatic heterocycles. The highest BCUT2D eigenvalue weighted by Gasteiger charge is 2.30. The smallest absolute Gasteiger partial charge is 0.192 e. The number of rotatable bonds is 3. The van der Waals surface area contributed by atoms with Gasteiger partial charge in [0.25, 0.3) is 0 Å². The van der Waals surface area contributed by atoms with Crippen LogP contribution in [0.4, 0.5) is 4.39 Å². The molecule has 0 saturated carbocycles. The third-order valence-electron chi connectivity index (χ3n) is 3.66. The van der Waals surface area contributed by atoms with Crippen molar-refractivity contribution in [2.75, 3.05) is 6.54 Å². The van der Waals surface area contributed by atoms with E-state index in [2.05, 4.69) is 23.7 Å². The molecule has 0 amide bonds. The van der Waals surface area contributed by atoms with E-state index in [9.17, 15) is 4.39 Å². The third-order valence-corrected chi connectivity index (χ3v) is 3.66. The first-order chi connectivity index (χ1) is 8.54. The summed E-state index contributed by atoms with van der Waals surface area (Å²) in [5.41, 5.74) is 7.70. The molecule has 18 heavy (non-hydrogen) atoms. The minimum atomic E-state index is -0.166. The average molecular weight is 249 g/mol. The summed E-state index contributed by atoms with van der Waals surface area (Å²) in [6, 6.07) is 5.72. The summed E-state index contributed by atoms with van der Waals surface area (Å²) < 4.78 is 13.3. The van der Waals surface area contributed by atoms with E-state index in [1.54, 1.807) is 6.92 Å². The van der Waals surface area contributed by atoms with Crippen molar-refractivity contribution >= 4 is 5.96 Å². The second-order valence-electron chi connectivity index (χ2n) is 4.89. The van der Waals surface area contributed by atoms with E-state index in [-0.39, 0.29) is 11.9 Å². The summed E-state index contributed by atoms with van der Waals surface area (Å²) in [5.74, 6) is 0.428. The highest BCUT2D eigenvalue weighted by atomic mass is 19.1. The molecular formula is C14H20FN3. The molecule has 98 valence electrons. The van der Waals surface area contributed by atoms with Crippen molar-refractivity contribution in [3.8, 4) is 0 Å². The Hall–Kier alpha value is -1.58. The number of aliphatic imine (C=N–C) groups is 1. The number of benzene rings is 1. The van der Waals surface area contributed by atoms with E-state index in [0.29, 0.717) is 24.1 Å². The molecule has 0 bridgehead atoms. The molecule has 0 radical (unpaired) electrons. The summed E-state index contributed by atoms with van der Waals surface area (Å²) in [5, 5.41) is 0. The Morgan fingerprint density at radius 2 is 2.28 bits per heavy atom. The van der Waals surface area contributed by atoms with Crippen molar-refractivity contribution in [2.45, 2.75) is 39.3 Å². The fourth-order valence-corrected chi connectivity index (χ4v) is 2.38. The van der Waals surface area contributed by atoms with Gasteiger partial charge in [0, 0.05) is 6.04 Å². The van der Waals surface area contributed by atoms with Crippen molar-refractivity contribution in [2.24, 2.45) is 10.7 Å². The van der Waals surface area contributed by atoms with Crippen LogP contribution < -0.4 is 5.73 Å². The van der Waals surface area contributed by atoms with Crippen LogP contribution in [0.3, 0.4) is 0 Å². The maximum absolute atomic E-state index is 13.3. The van der Waals surface area contributed by atoms with Crippen LogP contribution in [0.25, 0.3) is 0 Å². The average Bonchev–Trinajstić information content (AvgIpc) is 2.74. The van der Waals surface area contributed by atoms with Gasteiger partial charge in [-0.25, -0.2) is 4.39 Å². The van der Waals surface area contributed by atoms with Crippen molar-refractivity contribution in [3.63, 3.8) is 0 Å². The maximum atomic E-state index is 13.3. The van der Waals surface area contributed by atoms with Crippen LogP contribution >= 0.6 is 0 Å². The van der Waals surface area contributed by atoms with E-state index in [1.807, 2.05) is 12.1 Å². The van der Waals surface area contributed by atoms with E-state index in [0.717, 1.165) is 12.0 Å². The Bertz CT molecular complexity index is 470. The molecular weight excluding hydrogens is 229 g/mol. The molecule has 2 unspecified atom stereocenters. The molecule has 2 rings (SSSR count). The molecule has 2 atom stereocenters. The second kappa shape index (κ2) is 4.96. The first-order valence-electron chi connectivity index (χ1n) is 6.39. The van der Waals surface area contributed by atoms with Crippen LogP contribution in [0.5, 0.6) is 0 Å². The number of guanidine groups is 1. The van der Waals surface area contributed by atoms with Crippen molar-refractivity contribution in [1.29, 1.82) is 0 Å². The summed E-state index contributed by atoms with van der Waals surface area (Å²) in [6.45, 7) is 6.70. The lowest BCUT2D eigenvalue weighted by Gasteiger charge is -2.32. The first kappa shape index (κ1) is 12.9. The van der Waals surface area contributed by atoms with Gasteiger partial charge in [0.2, 0.25) is 0 Å². The van der Waals surface area contributed by atoms with Gasteiger partial charge >= 0.3 is 0 Å². The zero-order valence-corrected chi connectivity index (χ0v) is 11.2. The largest absolute Gasteiger partial charge is 0.370 e. The fourth-order valence-electron chi connectivity index (χ4n) is 2.38. The zero-order chi connectivity index (χ0) is 13.3. The molecule has 4 heteroatoms. The topological polar surface area (TPSA) is 41.6 Å². The highest BCUT2D eigenvalue weighted by Crippen LogP contribution is 2.29. The molecule has 1 heterocycles. The molecule has 0 fully saturated rings.